The van der Waals surface area contributed by atoms with Crippen molar-refractivity contribution in [2.24, 2.45) is 0 Å². The van der Waals surface area contributed by atoms with E-state index in [1.807, 2.05) is 0 Å². The minimum absolute atomic E-state index is 0.865. The molecule has 86 valence electrons. The third-order valence-corrected chi connectivity index (χ3v) is 4.00. The molecule has 1 aromatic carbocycles. The van der Waals surface area contributed by atoms with Gasteiger partial charge < -0.3 is 4.90 Å². The van der Waals surface area contributed by atoms with Crippen LogP contribution in [0.2, 0.25) is 0 Å². The van der Waals surface area contributed by atoms with E-state index in [0.717, 1.165) is 5.92 Å². The zero-order valence-electron chi connectivity index (χ0n) is 10.4. The third kappa shape index (κ3) is 1.63. The summed E-state index contributed by atoms with van der Waals surface area (Å²) in [5.74, 6) is 0.865. The van der Waals surface area contributed by atoms with Crippen molar-refractivity contribution >= 4 is 5.69 Å². The Balaban J connectivity index is 2.12. The smallest absolute Gasteiger partial charge is 0.0431 e. The zero-order chi connectivity index (χ0) is 11.1. The van der Waals surface area contributed by atoms with Crippen LogP contribution in [-0.2, 0) is 12.8 Å². The second-order valence-electron chi connectivity index (χ2n) is 5.52. The molecule has 0 radical (unpaired) electrons. The summed E-state index contributed by atoms with van der Waals surface area (Å²) in [5.41, 5.74) is 6.44. The fraction of sp³-hybridized carbons (Fsp3) is 0.600. The van der Waals surface area contributed by atoms with Crippen LogP contribution in [0.15, 0.2) is 12.1 Å². The van der Waals surface area contributed by atoms with E-state index in [2.05, 4.69) is 31.1 Å². The standard InChI is InChI=1S/C15H21N/c1-16(2)15-13-6-4-3-5-11(13)9-10-14(15)12-7-8-12/h9-10,12H,3-8H2,1-2H3. The van der Waals surface area contributed by atoms with Gasteiger partial charge in [0, 0.05) is 19.8 Å². The highest BCUT2D eigenvalue weighted by atomic mass is 15.1. The van der Waals surface area contributed by atoms with Gasteiger partial charge in [0.1, 0.15) is 0 Å². The van der Waals surface area contributed by atoms with Gasteiger partial charge in [-0.05, 0) is 61.1 Å². The Hall–Kier alpha value is -0.980. The molecular formula is C15H21N. The van der Waals surface area contributed by atoms with Crippen molar-refractivity contribution in [1.82, 2.24) is 0 Å². The van der Waals surface area contributed by atoms with Crippen LogP contribution in [0.25, 0.3) is 0 Å². The molecule has 1 heteroatoms. The minimum atomic E-state index is 0.865. The normalized spacial score (nSPS) is 19.4. The molecule has 0 spiro atoms. The van der Waals surface area contributed by atoms with E-state index >= 15 is 0 Å². The van der Waals surface area contributed by atoms with Gasteiger partial charge >= 0.3 is 0 Å². The molecule has 3 rings (SSSR count). The highest BCUT2D eigenvalue weighted by molar-refractivity contribution is 5.64. The van der Waals surface area contributed by atoms with Gasteiger partial charge in [-0.15, -0.1) is 0 Å². The summed E-state index contributed by atoms with van der Waals surface area (Å²) >= 11 is 0. The van der Waals surface area contributed by atoms with Crippen LogP contribution in [0.5, 0.6) is 0 Å². The van der Waals surface area contributed by atoms with Gasteiger partial charge in [-0.25, -0.2) is 0 Å². The topological polar surface area (TPSA) is 3.24 Å². The molecule has 0 unspecified atom stereocenters. The number of fused-ring (bicyclic) bond motifs is 1. The summed E-state index contributed by atoms with van der Waals surface area (Å²) in [6, 6.07) is 4.80. The molecule has 0 saturated heterocycles. The van der Waals surface area contributed by atoms with Crippen LogP contribution < -0.4 is 4.90 Å². The molecule has 0 bridgehead atoms. The SMILES string of the molecule is CN(C)c1c(C2CC2)ccc2c1CCCC2. The molecule has 1 nitrogen and oxygen atoms in total. The van der Waals surface area contributed by atoms with E-state index < -0.39 is 0 Å². The third-order valence-electron chi connectivity index (χ3n) is 4.00. The monoisotopic (exact) mass is 215 g/mol. The molecule has 0 aromatic heterocycles. The summed E-state index contributed by atoms with van der Waals surface area (Å²) < 4.78 is 0. The molecular weight excluding hydrogens is 194 g/mol. The molecule has 0 amide bonds. The van der Waals surface area contributed by atoms with Crippen molar-refractivity contribution in [3.05, 3.63) is 28.8 Å². The first-order chi connectivity index (χ1) is 7.77. The van der Waals surface area contributed by atoms with Crippen molar-refractivity contribution in [1.29, 1.82) is 0 Å². The highest BCUT2D eigenvalue weighted by Gasteiger charge is 2.29. The predicted octanol–water partition coefficient (Wildman–Crippen LogP) is 3.51. The van der Waals surface area contributed by atoms with Crippen LogP contribution in [0, 0.1) is 0 Å². The van der Waals surface area contributed by atoms with Gasteiger partial charge in [-0.1, -0.05) is 12.1 Å². The van der Waals surface area contributed by atoms with Gasteiger partial charge in [0.25, 0.3) is 0 Å². The van der Waals surface area contributed by atoms with Crippen molar-refractivity contribution in [3.63, 3.8) is 0 Å². The number of rotatable bonds is 2. The maximum absolute atomic E-state index is 2.40. The number of nitrogens with zero attached hydrogens (tertiary/aromatic N) is 1. The van der Waals surface area contributed by atoms with Gasteiger partial charge in [0.05, 0.1) is 0 Å². The molecule has 1 fully saturated rings. The van der Waals surface area contributed by atoms with Crippen molar-refractivity contribution in [3.8, 4) is 0 Å². The molecule has 0 heterocycles. The molecule has 1 saturated carbocycles. The molecule has 2 aliphatic carbocycles. The summed E-state index contributed by atoms with van der Waals surface area (Å²) in [7, 11) is 4.41. The Kier molecular flexibility index (Phi) is 2.42. The quantitative estimate of drug-likeness (QED) is 0.729. The van der Waals surface area contributed by atoms with E-state index in [9.17, 15) is 0 Å². The molecule has 0 atom stereocenters. The van der Waals surface area contributed by atoms with Crippen molar-refractivity contribution < 1.29 is 0 Å². The summed E-state index contributed by atoms with van der Waals surface area (Å²) in [6.07, 6.45) is 8.15. The summed E-state index contributed by atoms with van der Waals surface area (Å²) in [6.45, 7) is 0. The average Bonchev–Trinajstić information content (AvgIpc) is 3.11. The molecule has 0 N–H and O–H groups in total. The first-order valence-corrected chi connectivity index (χ1v) is 6.59. The van der Waals surface area contributed by atoms with E-state index in [0.29, 0.717) is 0 Å². The number of benzene rings is 1. The number of hydrogen-bond acceptors (Lipinski definition) is 1. The lowest BCUT2D eigenvalue weighted by Crippen LogP contribution is -2.17. The van der Waals surface area contributed by atoms with Crippen molar-refractivity contribution in [2.45, 2.75) is 44.4 Å². The lowest BCUT2D eigenvalue weighted by Gasteiger charge is -2.26. The van der Waals surface area contributed by atoms with Gasteiger partial charge in [0.2, 0.25) is 0 Å². The second kappa shape index (κ2) is 3.80. The molecule has 0 aliphatic heterocycles. The highest BCUT2D eigenvalue weighted by Crippen LogP contribution is 2.46. The Morgan fingerprint density at radius 1 is 1.06 bits per heavy atom. The van der Waals surface area contributed by atoms with Crippen molar-refractivity contribution in [2.75, 3.05) is 19.0 Å². The van der Waals surface area contributed by atoms with E-state index in [4.69, 9.17) is 0 Å². The fourth-order valence-corrected chi connectivity index (χ4v) is 3.08. The van der Waals surface area contributed by atoms with E-state index in [-0.39, 0.29) is 0 Å². The zero-order valence-corrected chi connectivity index (χ0v) is 10.4. The number of aryl methyl sites for hydroxylation is 1. The van der Waals surface area contributed by atoms with Gasteiger partial charge in [0.15, 0.2) is 0 Å². The molecule has 2 aliphatic rings. The Morgan fingerprint density at radius 3 is 2.50 bits per heavy atom. The predicted molar refractivity (Wildman–Crippen MR) is 69.4 cm³/mol. The Morgan fingerprint density at radius 2 is 1.81 bits per heavy atom. The van der Waals surface area contributed by atoms with Crippen LogP contribution in [-0.4, -0.2) is 14.1 Å². The largest absolute Gasteiger partial charge is 0.377 e. The molecule has 1 aromatic rings. The lowest BCUT2D eigenvalue weighted by molar-refractivity contribution is 0.683. The fourth-order valence-electron chi connectivity index (χ4n) is 3.08. The minimum Gasteiger partial charge on any atom is -0.377 e. The van der Waals surface area contributed by atoms with Crippen LogP contribution in [0.1, 0.15) is 48.3 Å². The molecule has 16 heavy (non-hydrogen) atoms. The number of hydrogen-bond donors (Lipinski definition) is 0. The Labute approximate surface area is 98.5 Å². The van der Waals surface area contributed by atoms with Gasteiger partial charge in [-0.2, -0.15) is 0 Å². The van der Waals surface area contributed by atoms with Crippen LogP contribution in [0.4, 0.5) is 5.69 Å². The van der Waals surface area contributed by atoms with Crippen LogP contribution >= 0.6 is 0 Å². The second-order valence-corrected chi connectivity index (χ2v) is 5.52. The van der Waals surface area contributed by atoms with E-state index in [1.54, 1.807) is 22.4 Å². The maximum atomic E-state index is 2.40. The Bertz CT molecular complexity index is 402. The maximum Gasteiger partial charge on any atom is 0.0431 e. The first kappa shape index (κ1) is 10.2. The first-order valence-electron chi connectivity index (χ1n) is 6.59. The average molecular weight is 215 g/mol. The summed E-state index contributed by atoms with van der Waals surface area (Å²) in [5, 5.41) is 0. The van der Waals surface area contributed by atoms with Crippen LogP contribution in [0.3, 0.4) is 0 Å². The summed E-state index contributed by atoms with van der Waals surface area (Å²) in [4.78, 5) is 2.35. The number of anilines is 1. The lowest BCUT2D eigenvalue weighted by atomic mass is 9.87. The van der Waals surface area contributed by atoms with Gasteiger partial charge in [-0.3, -0.25) is 0 Å². The van der Waals surface area contributed by atoms with E-state index in [1.165, 1.54) is 38.5 Å².